The van der Waals surface area contributed by atoms with Gasteiger partial charge in [0.2, 0.25) is 0 Å². The van der Waals surface area contributed by atoms with Gasteiger partial charge in [-0.2, -0.15) is 0 Å². The van der Waals surface area contributed by atoms with Crippen molar-refractivity contribution in [2.24, 2.45) is 0 Å². The van der Waals surface area contributed by atoms with Crippen LogP contribution < -0.4 is 15.0 Å². The molecule has 0 saturated carbocycles. The van der Waals surface area contributed by atoms with Crippen LogP contribution in [0.1, 0.15) is 34.5 Å². The molecule has 1 aromatic heterocycles. The highest BCUT2D eigenvalue weighted by atomic mass is 32.1. The van der Waals surface area contributed by atoms with E-state index < -0.39 is 0 Å². The van der Waals surface area contributed by atoms with Crippen molar-refractivity contribution in [3.05, 3.63) is 59.0 Å². The number of aromatic nitrogens is 1. The van der Waals surface area contributed by atoms with Gasteiger partial charge in [-0.1, -0.05) is 53.3 Å². The topological polar surface area (TPSA) is 54.5 Å². The Labute approximate surface area is 175 Å². The number of carbonyl (C=O) groups is 1. The van der Waals surface area contributed by atoms with Gasteiger partial charge in [-0.25, -0.2) is 4.98 Å². The number of anilines is 2. The SMILES string of the molecule is COc1ccccc1NC(=O)c1sc(N2CCCCC2)nc1-c1ccc(C)cc1. The highest BCUT2D eigenvalue weighted by molar-refractivity contribution is 7.18. The molecule has 0 spiro atoms. The minimum Gasteiger partial charge on any atom is -0.495 e. The van der Waals surface area contributed by atoms with Crippen LogP contribution in [0.2, 0.25) is 0 Å². The molecule has 0 bridgehead atoms. The molecule has 1 amide bonds. The maximum atomic E-state index is 13.2. The van der Waals surface area contributed by atoms with Gasteiger partial charge < -0.3 is 15.0 Å². The normalized spacial score (nSPS) is 13.9. The maximum Gasteiger partial charge on any atom is 0.268 e. The van der Waals surface area contributed by atoms with Gasteiger partial charge in [0.05, 0.1) is 18.5 Å². The molecule has 0 aliphatic carbocycles. The molecule has 1 aliphatic heterocycles. The molecule has 1 N–H and O–H groups in total. The molecule has 150 valence electrons. The van der Waals surface area contributed by atoms with E-state index >= 15 is 0 Å². The van der Waals surface area contributed by atoms with Crippen molar-refractivity contribution >= 4 is 28.1 Å². The first-order chi connectivity index (χ1) is 14.2. The number of ether oxygens (including phenoxy) is 1. The Balaban J connectivity index is 1.70. The number of para-hydroxylation sites is 2. The van der Waals surface area contributed by atoms with Gasteiger partial charge in [-0.05, 0) is 38.3 Å². The summed E-state index contributed by atoms with van der Waals surface area (Å²) in [4.78, 5) is 21.0. The number of nitrogens with one attached hydrogen (secondary N) is 1. The lowest BCUT2D eigenvalue weighted by molar-refractivity contribution is 0.103. The van der Waals surface area contributed by atoms with E-state index in [1.807, 2.05) is 36.4 Å². The summed E-state index contributed by atoms with van der Waals surface area (Å²) in [5.41, 5.74) is 3.53. The standard InChI is InChI=1S/C23H25N3O2S/c1-16-10-12-17(13-11-16)20-21(29-23(25-20)26-14-6-3-7-15-26)22(27)24-18-8-4-5-9-19(18)28-2/h4-5,8-13H,3,6-7,14-15H2,1-2H3,(H,24,27). The van der Waals surface area contributed by atoms with Crippen molar-refractivity contribution in [3.8, 4) is 17.0 Å². The van der Waals surface area contributed by atoms with Crippen molar-refractivity contribution in [1.29, 1.82) is 0 Å². The van der Waals surface area contributed by atoms with Crippen LogP contribution >= 0.6 is 11.3 Å². The van der Waals surface area contributed by atoms with Crippen LogP contribution in [-0.4, -0.2) is 31.1 Å². The number of aryl methyl sites for hydroxylation is 1. The summed E-state index contributed by atoms with van der Waals surface area (Å²) in [5.74, 6) is 0.476. The van der Waals surface area contributed by atoms with Crippen molar-refractivity contribution in [2.75, 3.05) is 30.4 Å². The van der Waals surface area contributed by atoms with Crippen LogP contribution in [0.5, 0.6) is 5.75 Å². The van der Waals surface area contributed by atoms with E-state index in [4.69, 9.17) is 9.72 Å². The van der Waals surface area contributed by atoms with Crippen LogP contribution in [0, 0.1) is 6.92 Å². The van der Waals surface area contributed by atoms with Crippen LogP contribution in [-0.2, 0) is 0 Å². The highest BCUT2D eigenvalue weighted by Gasteiger charge is 2.24. The van der Waals surface area contributed by atoms with Crippen molar-refractivity contribution in [1.82, 2.24) is 4.98 Å². The molecule has 2 heterocycles. The number of benzene rings is 2. The third-order valence-electron chi connectivity index (χ3n) is 5.13. The number of thiazole rings is 1. The Kier molecular flexibility index (Phi) is 5.81. The average Bonchev–Trinajstić information content (AvgIpc) is 3.21. The van der Waals surface area contributed by atoms with Gasteiger partial charge in [0.1, 0.15) is 10.6 Å². The molecule has 29 heavy (non-hydrogen) atoms. The summed E-state index contributed by atoms with van der Waals surface area (Å²) < 4.78 is 5.38. The zero-order valence-corrected chi connectivity index (χ0v) is 17.6. The summed E-state index contributed by atoms with van der Waals surface area (Å²) in [5, 5.41) is 3.93. The third-order valence-corrected chi connectivity index (χ3v) is 6.24. The molecule has 4 rings (SSSR count). The summed E-state index contributed by atoms with van der Waals surface area (Å²) in [6.45, 7) is 4.04. The van der Waals surface area contributed by atoms with Gasteiger partial charge in [0.15, 0.2) is 5.13 Å². The van der Waals surface area contributed by atoms with Crippen LogP contribution in [0.25, 0.3) is 11.3 Å². The molecule has 2 aromatic carbocycles. The van der Waals surface area contributed by atoms with E-state index in [1.165, 1.54) is 36.2 Å². The monoisotopic (exact) mass is 407 g/mol. The van der Waals surface area contributed by atoms with Crippen LogP contribution in [0.4, 0.5) is 10.8 Å². The van der Waals surface area contributed by atoms with E-state index in [9.17, 15) is 4.79 Å². The number of hydrogen-bond donors (Lipinski definition) is 1. The Morgan fingerprint density at radius 1 is 1.07 bits per heavy atom. The molecule has 0 unspecified atom stereocenters. The molecule has 0 radical (unpaired) electrons. The zero-order chi connectivity index (χ0) is 20.2. The van der Waals surface area contributed by atoms with E-state index in [2.05, 4.69) is 29.3 Å². The van der Waals surface area contributed by atoms with E-state index in [-0.39, 0.29) is 5.91 Å². The highest BCUT2D eigenvalue weighted by Crippen LogP contribution is 2.35. The molecule has 6 heteroatoms. The van der Waals surface area contributed by atoms with Gasteiger partial charge >= 0.3 is 0 Å². The summed E-state index contributed by atoms with van der Waals surface area (Å²) in [6, 6.07) is 15.6. The molecule has 0 atom stereocenters. The lowest BCUT2D eigenvalue weighted by Crippen LogP contribution is -2.29. The van der Waals surface area contributed by atoms with E-state index in [1.54, 1.807) is 7.11 Å². The second-order valence-electron chi connectivity index (χ2n) is 7.24. The number of hydrogen-bond acceptors (Lipinski definition) is 5. The number of methoxy groups -OCH3 is 1. The number of nitrogens with zero attached hydrogens (tertiary/aromatic N) is 2. The smallest absolute Gasteiger partial charge is 0.268 e. The fraction of sp³-hybridized carbons (Fsp3) is 0.304. The van der Waals surface area contributed by atoms with Crippen molar-refractivity contribution in [2.45, 2.75) is 26.2 Å². The number of amides is 1. The summed E-state index contributed by atoms with van der Waals surface area (Å²) in [7, 11) is 1.60. The average molecular weight is 408 g/mol. The maximum absolute atomic E-state index is 13.2. The van der Waals surface area contributed by atoms with Crippen LogP contribution in [0.15, 0.2) is 48.5 Å². The first-order valence-electron chi connectivity index (χ1n) is 9.93. The van der Waals surface area contributed by atoms with Gasteiger partial charge in [0, 0.05) is 18.7 Å². The number of rotatable bonds is 5. The lowest BCUT2D eigenvalue weighted by atomic mass is 10.1. The second-order valence-corrected chi connectivity index (χ2v) is 8.22. The molecular weight excluding hydrogens is 382 g/mol. The molecule has 1 fully saturated rings. The minimum absolute atomic E-state index is 0.161. The molecule has 1 aliphatic rings. The zero-order valence-electron chi connectivity index (χ0n) is 16.8. The quantitative estimate of drug-likeness (QED) is 0.618. The van der Waals surface area contributed by atoms with Crippen molar-refractivity contribution < 1.29 is 9.53 Å². The Hall–Kier alpha value is -2.86. The van der Waals surface area contributed by atoms with Crippen molar-refractivity contribution in [3.63, 3.8) is 0 Å². The fourth-order valence-corrected chi connectivity index (χ4v) is 4.55. The predicted molar refractivity (Wildman–Crippen MR) is 119 cm³/mol. The molecular formula is C23H25N3O2S. The molecule has 5 nitrogen and oxygen atoms in total. The Bertz CT molecular complexity index is 992. The summed E-state index contributed by atoms with van der Waals surface area (Å²) in [6.07, 6.45) is 3.60. The lowest BCUT2D eigenvalue weighted by Gasteiger charge is -2.25. The Morgan fingerprint density at radius 3 is 2.52 bits per heavy atom. The van der Waals surface area contributed by atoms with Crippen LogP contribution in [0.3, 0.4) is 0 Å². The molecule has 1 saturated heterocycles. The number of carbonyl (C=O) groups excluding carboxylic acids is 1. The summed E-state index contributed by atoms with van der Waals surface area (Å²) >= 11 is 1.47. The first-order valence-corrected chi connectivity index (χ1v) is 10.7. The van der Waals surface area contributed by atoms with E-state index in [0.29, 0.717) is 16.3 Å². The largest absolute Gasteiger partial charge is 0.495 e. The van der Waals surface area contributed by atoms with Gasteiger partial charge in [0.25, 0.3) is 5.91 Å². The van der Waals surface area contributed by atoms with Gasteiger partial charge in [-0.3, -0.25) is 4.79 Å². The first kappa shape index (κ1) is 19.5. The predicted octanol–water partition coefficient (Wildman–Crippen LogP) is 5.37. The fourth-order valence-electron chi connectivity index (χ4n) is 3.52. The molecule has 3 aromatic rings. The third kappa shape index (κ3) is 4.27. The minimum atomic E-state index is -0.161. The Morgan fingerprint density at radius 2 is 1.79 bits per heavy atom. The van der Waals surface area contributed by atoms with Gasteiger partial charge in [-0.15, -0.1) is 0 Å². The van der Waals surface area contributed by atoms with E-state index in [0.717, 1.165) is 29.5 Å². The second kappa shape index (κ2) is 8.66. The number of piperidine rings is 1.